The Hall–Kier alpha value is -2.67. The number of aromatic nitrogens is 2. The van der Waals surface area contributed by atoms with Gasteiger partial charge in [-0.3, -0.25) is 9.36 Å². The number of fused-ring (bicyclic) bond motifs is 3. The van der Waals surface area contributed by atoms with E-state index in [0.717, 1.165) is 35.3 Å². The van der Waals surface area contributed by atoms with E-state index in [1.807, 2.05) is 6.92 Å². The van der Waals surface area contributed by atoms with Crippen LogP contribution < -0.4 is 10.3 Å². The molecule has 6 nitrogen and oxygen atoms in total. The lowest BCUT2D eigenvalue weighted by Gasteiger charge is -2.13. The zero-order valence-electron chi connectivity index (χ0n) is 16.4. The minimum atomic E-state index is -0.957. The number of nitrogens with zero attached hydrogens (tertiary/aromatic N) is 2. The van der Waals surface area contributed by atoms with Crippen molar-refractivity contribution in [3.05, 3.63) is 56.4 Å². The van der Waals surface area contributed by atoms with Crippen LogP contribution in [0.3, 0.4) is 0 Å². The maximum atomic E-state index is 13.2. The molecule has 0 unspecified atom stereocenters. The highest BCUT2D eigenvalue weighted by Gasteiger charge is 2.21. The van der Waals surface area contributed by atoms with Gasteiger partial charge in [0.1, 0.15) is 16.4 Å². The first kappa shape index (κ1) is 19.6. The Kier molecular flexibility index (Phi) is 5.67. The lowest BCUT2D eigenvalue weighted by Crippen LogP contribution is -2.26. The number of aromatic carboxylic acids is 1. The molecule has 0 aliphatic heterocycles. The zero-order valence-corrected chi connectivity index (χ0v) is 17.3. The maximum Gasteiger partial charge on any atom is 0.335 e. The molecule has 0 saturated carbocycles. The molecule has 4 rings (SSSR count). The van der Waals surface area contributed by atoms with Crippen molar-refractivity contribution in [2.75, 3.05) is 6.61 Å². The highest BCUT2D eigenvalue weighted by Crippen LogP contribution is 2.33. The summed E-state index contributed by atoms with van der Waals surface area (Å²) in [4.78, 5) is 31.2. The van der Waals surface area contributed by atoms with Crippen molar-refractivity contribution in [1.82, 2.24) is 9.55 Å². The molecule has 0 radical (unpaired) electrons. The lowest BCUT2D eigenvalue weighted by molar-refractivity contribution is 0.0697. The summed E-state index contributed by atoms with van der Waals surface area (Å²) >= 11 is 1.69. The number of hydrogen-bond acceptors (Lipinski definition) is 5. The van der Waals surface area contributed by atoms with Gasteiger partial charge in [0.25, 0.3) is 5.56 Å². The Labute approximate surface area is 172 Å². The molecule has 1 N–H and O–H groups in total. The first-order valence-corrected chi connectivity index (χ1v) is 10.9. The van der Waals surface area contributed by atoms with E-state index in [1.165, 1.54) is 29.0 Å². The van der Waals surface area contributed by atoms with Crippen molar-refractivity contribution >= 4 is 27.5 Å². The topological polar surface area (TPSA) is 81.4 Å². The summed E-state index contributed by atoms with van der Waals surface area (Å²) in [6, 6.07) is 6.35. The predicted molar refractivity (Wildman–Crippen MR) is 113 cm³/mol. The van der Waals surface area contributed by atoms with Crippen LogP contribution in [0.4, 0.5) is 0 Å². The largest absolute Gasteiger partial charge is 0.494 e. The van der Waals surface area contributed by atoms with Gasteiger partial charge in [0.2, 0.25) is 0 Å². The molecule has 0 bridgehead atoms. The van der Waals surface area contributed by atoms with Crippen molar-refractivity contribution in [3.8, 4) is 5.75 Å². The molecule has 2 heterocycles. The van der Waals surface area contributed by atoms with Gasteiger partial charge in [-0.15, -0.1) is 11.3 Å². The summed E-state index contributed by atoms with van der Waals surface area (Å²) in [6.07, 6.45) is 5.76. The molecule has 152 valence electrons. The number of thiophene rings is 1. The van der Waals surface area contributed by atoms with Crippen LogP contribution >= 0.6 is 11.3 Å². The number of carbonyl (C=O) groups is 1. The molecule has 2 aromatic heterocycles. The van der Waals surface area contributed by atoms with Gasteiger partial charge in [0, 0.05) is 17.8 Å². The Bertz CT molecular complexity index is 1100. The molecular formula is C22H24N2O4S. The predicted octanol–water partition coefficient (Wildman–Crippen LogP) is 4.07. The number of rotatable bonds is 7. The van der Waals surface area contributed by atoms with Gasteiger partial charge in [-0.2, -0.15) is 0 Å². The van der Waals surface area contributed by atoms with Crippen LogP contribution in [0.1, 0.15) is 52.8 Å². The number of carboxylic acids is 1. The van der Waals surface area contributed by atoms with Crippen molar-refractivity contribution in [2.45, 2.75) is 52.0 Å². The molecule has 0 amide bonds. The van der Waals surface area contributed by atoms with Gasteiger partial charge in [0.15, 0.2) is 0 Å². The third-order valence-corrected chi connectivity index (χ3v) is 6.55. The SMILES string of the molecule is CCc1nc2sc3c(c2c(=O)n1CCCOc1ccc(C(=O)O)cc1)CCCC3. The highest BCUT2D eigenvalue weighted by molar-refractivity contribution is 7.18. The van der Waals surface area contributed by atoms with Crippen molar-refractivity contribution in [3.63, 3.8) is 0 Å². The van der Waals surface area contributed by atoms with Gasteiger partial charge < -0.3 is 9.84 Å². The summed E-state index contributed by atoms with van der Waals surface area (Å²) in [5.41, 5.74) is 1.53. The molecule has 29 heavy (non-hydrogen) atoms. The third kappa shape index (κ3) is 3.92. The number of hydrogen-bond donors (Lipinski definition) is 1. The molecular weight excluding hydrogens is 388 g/mol. The molecule has 7 heteroatoms. The second kappa shape index (κ2) is 8.37. The first-order chi connectivity index (χ1) is 14.1. The average Bonchev–Trinajstić information content (AvgIpc) is 3.11. The molecule has 0 spiro atoms. The maximum absolute atomic E-state index is 13.2. The Balaban J connectivity index is 1.49. The van der Waals surface area contributed by atoms with Gasteiger partial charge in [0.05, 0.1) is 17.6 Å². The zero-order chi connectivity index (χ0) is 20.4. The molecule has 0 atom stereocenters. The minimum Gasteiger partial charge on any atom is -0.494 e. The van der Waals surface area contributed by atoms with E-state index in [-0.39, 0.29) is 11.1 Å². The summed E-state index contributed by atoms with van der Waals surface area (Å²) in [5, 5.41) is 9.77. The quantitative estimate of drug-likeness (QED) is 0.592. The standard InChI is InChI=1S/C22H24N2O4S/c1-2-18-23-20-19(16-6-3-4-7-17(16)29-20)21(25)24(18)12-5-13-28-15-10-8-14(9-11-15)22(26)27/h8-11H,2-7,12-13H2,1H3,(H,26,27). The summed E-state index contributed by atoms with van der Waals surface area (Å²) in [6.45, 7) is 3.03. The fourth-order valence-electron chi connectivity index (χ4n) is 3.89. The second-order valence-electron chi connectivity index (χ2n) is 7.26. The lowest BCUT2D eigenvalue weighted by atomic mass is 9.97. The van der Waals surface area contributed by atoms with E-state index in [1.54, 1.807) is 28.0 Å². The monoisotopic (exact) mass is 412 g/mol. The molecule has 1 aliphatic carbocycles. The third-order valence-electron chi connectivity index (χ3n) is 5.37. The van der Waals surface area contributed by atoms with Crippen LogP contribution in [0.25, 0.3) is 10.2 Å². The average molecular weight is 413 g/mol. The number of carboxylic acid groups (broad SMARTS) is 1. The van der Waals surface area contributed by atoms with Crippen LogP contribution in [0.5, 0.6) is 5.75 Å². The number of ether oxygens (including phenoxy) is 1. The van der Waals surface area contributed by atoms with Crippen LogP contribution in [0.15, 0.2) is 29.1 Å². The van der Waals surface area contributed by atoms with E-state index in [9.17, 15) is 9.59 Å². The highest BCUT2D eigenvalue weighted by atomic mass is 32.1. The van der Waals surface area contributed by atoms with Crippen LogP contribution in [0.2, 0.25) is 0 Å². The summed E-state index contributed by atoms with van der Waals surface area (Å²) < 4.78 is 7.52. The molecule has 1 aliphatic rings. The van der Waals surface area contributed by atoms with Gasteiger partial charge in [-0.05, 0) is 61.9 Å². The van der Waals surface area contributed by atoms with Gasteiger partial charge in [-0.25, -0.2) is 9.78 Å². The van der Waals surface area contributed by atoms with Crippen molar-refractivity contribution < 1.29 is 14.6 Å². The number of benzene rings is 1. The Morgan fingerprint density at radius 1 is 1.24 bits per heavy atom. The van der Waals surface area contributed by atoms with Gasteiger partial charge >= 0.3 is 5.97 Å². The summed E-state index contributed by atoms with van der Waals surface area (Å²) in [5.74, 6) is 0.493. The van der Waals surface area contributed by atoms with E-state index in [4.69, 9.17) is 14.8 Å². The fourth-order valence-corrected chi connectivity index (χ4v) is 5.16. The summed E-state index contributed by atoms with van der Waals surface area (Å²) in [7, 11) is 0. The van der Waals surface area contributed by atoms with Crippen molar-refractivity contribution in [2.24, 2.45) is 0 Å². The molecule has 0 fully saturated rings. The smallest absolute Gasteiger partial charge is 0.335 e. The van der Waals surface area contributed by atoms with E-state index < -0.39 is 5.97 Å². The van der Waals surface area contributed by atoms with Gasteiger partial charge in [-0.1, -0.05) is 6.92 Å². The number of aryl methyl sites for hydroxylation is 3. The first-order valence-electron chi connectivity index (χ1n) is 10.1. The molecule has 0 saturated heterocycles. The molecule has 1 aromatic carbocycles. The second-order valence-corrected chi connectivity index (χ2v) is 8.34. The normalized spacial score (nSPS) is 13.4. The van der Waals surface area contributed by atoms with Crippen LogP contribution in [0, 0.1) is 0 Å². The van der Waals surface area contributed by atoms with E-state index >= 15 is 0 Å². The van der Waals surface area contributed by atoms with E-state index in [2.05, 4.69) is 0 Å². The Morgan fingerprint density at radius 3 is 2.72 bits per heavy atom. The fraction of sp³-hybridized carbons (Fsp3) is 0.409. The van der Waals surface area contributed by atoms with E-state index in [0.29, 0.717) is 31.7 Å². The minimum absolute atomic E-state index is 0.0806. The Morgan fingerprint density at radius 2 is 2.00 bits per heavy atom. The van der Waals surface area contributed by atoms with Crippen molar-refractivity contribution in [1.29, 1.82) is 0 Å². The van der Waals surface area contributed by atoms with Crippen LogP contribution in [-0.4, -0.2) is 27.2 Å². The van der Waals surface area contributed by atoms with Crippen LogP contribution in [-0.2, 0) is 25.8 Å². The molecule has 3 aromatic rings.